The molecule has 0 heterocycles. The monoisotopic (exact) mass is 396 g/mol. The van der Waals surface area contributed by atoms with Crippen LogP contribution in [-0.2, 0) is 10.8 Å². The number of benzene rings is 3. The number of hydrogen-bond donors (Lipinski definition) is 0. The van der Waals surface area contributed by atoms with Gasteiger partial charge in [-0.2, -0.15) is 0 Å². The summed E-state index contributed by atoms with van der Waals surface area (Å²) >= 11 is 0. The molecule has 2 atom stereocenters. The Morgan fingerprint density at radius 2 is 1.03 bits per heavy atom. The summed E-state index contributed by atoms with van der Waals surface area (Å²) < 4.78 is 0. The Morgan fingerprint density at radius 1 is 0.633 bits per heavy atom. The van der Waals surface area contributed by atoms with Crippen LogP contribution in [0.25, 0.3) is 0 Å². The quantitative estimate of drug-likeness (QED) is 0.419. The molecule has 0 aliphatic heterocycles. The van der Waals surface area contributed by atoms with Crippen molar-refractivity contribution in [3.05, 3.63) is 108 Å². The normalized spacial score (nSPS) is 25.2. The average molecular weight is 397 g/mol. The van der Waals surface area contributed by atoms with Crippen molar-refractivity contribution in [3.63, 3.8) is 0 Å². The summed E-state index contributed by atoms with van der Waals surface area (Å²) in [6.45, 7) is 12.4. The van der Waals surface area contributed by atoms with E-state index in [1.165, 1.54) is 16.7 Å². The van der Waals surface area contributed by atoms with E-state index in [1.807, 2.05) is 0 Å². The minimum Gasteiger partial charge on any atom is -0.0625 e. The highest BCUT2D eigenvalue weighted by atomic mass is 14.6. The maximum atomic E-state index is 2.53. The van der Waals surface area contributed by atoms with E-state index in [-0.39, 0.29) is 16.2 Å². The van der Waals surface area contributed by atoms with Crippen molar-refractivity contribution < 1.29 is 0 Å². The molecular weight excluding hydrogens is 360 g/mol. The van der Waals surface area contributed by atoms with Gasteiger partial charge in [-0.1, -0.05) is 126 Å². The van der Waals surface area contributed by atoms with E-state index in [0.717, 1.165) is 12.8 Å². The number of rotatable bonds is 4. The van der Waals surface area contributed by atoms with Gasteiger partial charge in [-0.15, -0.1) is 0 Å². The molecular formula is C30H36. The third kappa shape index (κ3) is 3.22. The summed E-state index contributed by atoms with van der Waals surface area (Å²) in [5.74, 6) is 1.29. The second-order valence-electron chi connectivity index (χ2n) is 10.6. The fraction of sp³-hybridized carbons (Fsp3) is 0.400. The van der Waals surface area contributed by atoms with Crippen LogP contribution < -0.4 is 0 Å². The predicted octanol–water partition coefficient (Wildman–Crippen LogP) is 8.02. The van der Waals surface area contributed by atoms with Gasteiger partial charge < -0.3 is 0 Å². The largest absolute Gasteiger partial charge is 0.0625 e. The van der Waals surface area contributed by atoms with E-state index in [4.69, 9.17) is 0 Å². The van der Waals surface area contributed by atoms with Gasteiger partial charge in [-0.3, -0.25) is 0 Å². The first kappa shape index (κ1) is 20.9. The molecule has 1 aliphatic rings. The van der Waals surface area contributed by atoms with Gasteiger partial charge in [0.2, 0.25) is 0 Å². The van der Waals surface area contributed by atoms with Crippen LogP contribution in [0.2, 0.25) is 0 Å². The zero-order chi connectivity index (χ0) is 21.4. The molecule has 1 aliphatic carbocycles. The Labute approximate surface area is 183 Å². The third-order valence-electron chi connectivity index (χ3n) is 8.03. The molecule has 0 heteroatoms. The third-order valence-corrected chi connectivity index (χ3v) is 8.03. The Balaban J connectivity index is 2.07. The van der Waals surface area contributed by atoms with E-state index in [2.05, 4.69) is 126 Å². The molecule has 30 heavy (non-hydrogen) atoms. The molecule has 1 saturated carbocycles. The molecule has 0 spiro atoms. The van der Waals surface area contributed by atoms with Gasteiger partial charge in [0, 0.05) is 10.8 Å². The highest BCUT2D eigenvalue weighted by Gasteiger charge is 2.59. The van der Waals surface area contributed by atoms with Gasteiger partial charge >= 0.3 is 0 Å². The van der Waals surface area contributed by atoms with Crippen LogP contribution in [0.3, 0.4) is 0 Å². The molecule has 0 saturated heterocycles. The second-order valence-corrected chi connectivity index (χ2v) is 10.6. The van der Waals surface area contributed by atoms with E-state index >= 15 is 0 Å². The van der Waals surface area contributed by atoms with Crippen molar-refractivity contribution in [1.29, 1.82) is 0 Å². The van der Waals surface area contributed by atoms with Gasteiger partial charge in [0.1, 0.15) is 0 Å². The molecule has 0 radical (unpaired) electrons. The predicted molar refractivity (Wildman–Crippen MR) is 129 cm³/mol. The fourth-order valence-corrected chi connectivity index (χ4v) is 6.80. The SMILES string of the molecule is CC(C)C1CC(c2ccccc2)(c2ccccc2)C(C)(c2ccccc2)CC1(C)C. The summed E-state index contributed by atoms with van der Waals surface area (Å²) in [7, 11) is 0. The van der Waals surface area contributed by atoms with Gasteiger partial charge in [0.15, 0.2) is 0 Å². The first-order valence-corrected chi connectivity index (χ1v) is 11.5. The molecule has 0 nitrogen and oxygen atoms in total. The van der Waals surface area contributed by atoms with Crippen molar-refractivity contribution in [2.45, 2.75) is 58.3 Å². The molecule has 0 aromatic heterocycles. The Bertz CT molecular complexity index is 913. The fourth-order valence-electron chi connectivity index (χ4n) is 6.80. The summed E-state index contributed by atoms with van der Waals surface area (Å²) in [6.07, 6.45) is 2.33. The van der Waals surface area contributed by atoms with Crippen LogP contribution >= 0.6 is 0 Å². The zero-order valence-corrected chi connectivity index (χ0v) is 19.2. The maximum Gasteiger partial charge on any atom is 0.0299 e. The summed E-state index contributed by atoms with van der Waals surface area (Å²) in [5.41, 5.74) is 4.54. The summed E-state index contributed by atoms with van der Waals surface area (Å²) in [4.78, 5) is 0. The smallest absolute Gasteiger partial charge is 0.0299 e. The minimum atomic E-state index is -0.0681. The lowest BCUT2D eigenvalue weighted by atomic mass is 9.42. The van der Waals surface area contributed by atoms with Gasteiger partial charge in [-0.05, 0) is 46.8 Å². The zero-order valence-electron chi connectivity index (χ0n) is 19.2. The Morgan fingerprint density at radius 3 is 1.43 bits per heavy atom. The van der Waals surface area contributed by atoms with E-state index in [0.29, 0.717) is 11.8 Å². The lowest BCUT2D eigenvalue weighted by Crippen LogP contribution is -2.58. The van der Waals surface area contributed by atoms with Crippen molar-refractivity contribution in [2.75, 3.05) is 0 Å². The molecule has 3 aromatic carbocycles. The van der Waals surface area contributed by atoms with Crippen molar-refractivity contribution >= 4 is 0 Å². The molecule has 2 unspecified atom stereocenters. The molecule has 0 bridgehead atoms. The Kier molecular flexibility index (Phi) is 5.39. The van der Waals surface area contributed by atoms with Crippen molar-refractivity contribution in [1.82, 2.24) is 0 Å². The van der Waals surface area contributed by atoms with Gasteiger partial charge in [0.05, 0.1) is 0 Å². The first-order chi connectivity index (χ1) is 14.3. The van der Waals surface area contributed by atoms with Crippen LogP contribution in [-0.4, -0.2) is 0 Å². The molecule has 0 N–H and O–H groups in total. The van der Waals surface area contributed by atoms with E-state index in [1.54, 1.807) is 0 Å². The topological polar surface area (TPSA) is 0 Å². The summed E-state index contributed by atoms with van der Waals surface area (Å²) in [6, 6.07) is 33.9. The first-order valence-electron chi connectivity index (χ1n) is 11.5. The van der Waals surface area contributed by atoms with Crippen LogP contribution in [0.5, 0.6) is 0 Å². The second kappa shape index (κ2) is 7.73. The van der Waals surface area contributed by atoms with Crippen LogP contribution in [0.15, 0.2) is 91.0 Å². The number of hydrogen-bond acceptors (Lipinski definition) is 0. The van der Waals surface area contributed by atoms with Gasteiger partial charge in [-0.25, -0.2) is 0 Å². The molecule has 0 amide bonds. The lowest BCUT2D eigenvalue weighted by molar-refractivity contribution is 0.000793. The highest BCUT2D eigenvalue weighted by molar-refractivity contribution is 5.50. The summed E-state index contributed by atoms with van der Waals surface area (Å²) in [5, 5.41) is 0. The maximum absolute atomic E-state index is 2.53. The van der Waals surface area contributed by atoms with Crippen LogP contribution in [0.4, 0.5) is 0 Å². The van der Waals surface area contributed by atoms with E-state index < -0.39 is 0 Å². The minimum absolute atomic E-state index is 0.00808. The van der Waals surface area contributed by atoms with Crippen molar-refractivity contribution in [2.24, 2.45) is 17.3 Å². The lowest BCUT2D eigenvalue weighted by Gasteiger charge is -2.61. The Hall–Kier alpha value is -2.34. The van der Waals surface area contributed by atoms with Crippen LogP contribution in [0, 0.1) is 17.3 Å². The molecule has 156 valence electrons. The standard InChI is InChI=1S/C30H36/c1-23(2)27-21-30(25-17-11-7-12-18-25,26-19-13-8-14-20-26)29(5,22-28(27,3)4)24-15-9-6-10-16-24/h6-20,23,27H,21-22H2,1-5H3. The van der Waals surface area contributed by atoms with Crippen LogP contribution in [0.1, 0.15) is 64.2 Å². The van der Waals surface area contributed by atoms with Crippen molar-refractivity contribution in [3.8, 4) is 0 Å². The van der Waals surface area contributed by atoms with Gasteiger partial charge in [0.25, 0.3) is 0 Å². The average Bonchev–Trinajstić information content (AvgIpc) is 2.75. The molecule has 1 fully saturated rings. The van der Waals surface area contributed by atoms with E-state index in [9.17, 15) is 0 Å². The molecule has 3 aromatic rings. The molecule has 4 rings (SSSR count). The highest BCUT2D eigenvalue weighted by Crippen LogP contribution is 2.64.